The second-order valence-corrected chi connectivity index (χ2v) is 8.62. The van der Waals surface area contributed by atoms with Crippen LogP contribution in [-0.2, 0) is 10.0 Å². The Balaban J connectivity index is 1.74. The highest BCUT2D eigenvalue weighted by molar-refractivity contribution is 8.00. The number of hydrogen-bond donors (Lipinski definition) is 1. The third-order valence-electron chi connectivity index (χ3n) is 3.97. The van der Waals surface area contributed by atoms with Gasteiger partial charge in [0, 0.05) is 17.5 Å². The molecule has 1 aromatic carbocycles. The lowest BCUT2D eigenvalue weighted by atomic mass is 9.96. The van der Waals surface area contributed by atoms with Crippen LogP contribution in [0.2, 0.25) is 0 Å². The summed E-state index contributed by atoms with van der Waals surface area (Å²) >= 11 is 1.67. The maximum atomic E-state index is 12.6. The Bertz CT molecular complexity index is 721. The number of pyridine rings is 1. The second kappa shape index (κ2) is 7.47. The largest absolute Gasteiger partial charge is 0.250 e. The van der Waals surface area contributed by atoms with Crippen LogP contribution in [0.3, 0.4) is 0 Å². The van der Waals surface area contributed by atoms with Crippen LogP contribution in [0.15, 0.2) is 64.6 Å². The summed E-state index contributed by atoms with van der Waals surface area (Å²) in [5.41, 5.74) is 0. The molecule has 1 fully saturated rings. The fraction of sp³-hybridized carbons (Fsp3) is 0.353. The number of sulfonamides is 1. The van der Waals surface area contributed by atoms with Crippen molar-refractivity contribution in [2.24, 2.45) is 0 Å². The molecule has 0 spiro atoms. The van der Waals surface area contributed by atoms with Crippen molar-refractivity contribution in [2.75, 3.05) is 0 Å². The van der Waals surface area contributed by atoms with Crippen molar-refractivity contribution in [1.82, 2.24) is 9.71 Å². The fourth-order valence-corrected chi connectivity index (χ4v) is 5.47. The first-order valence-electron chi connectivity index (χ1n) is 7.80. The predicted molar refractivity (Wildman–Crippen MR) is 92.9 cm³/mol. The highest BCUT2D eigenvalue weighted by atomic mass is 32.2. The zero-order valence-electron chi connectivity index (χ0n) is 12.8. The molecule has 23 heavy (non-hydrogen) atoms. The van der Waals surface area contributed by atoms with Crippen LogP contribution in [0.1, 0.15) is 25.7 Å². The first-order chi connectivity index (χ1) is 11.1. The summed E-state index contributed by atoms with van der Waals surface area (Å²) < 4.78 is 28.0. The lowest BCUT2D eigenvalue weighted by molar-refractivity contribution is 0.422. The normalized spacial score (nSPS) is 21.9. The van der Waals surface area contributed by atoms with Crippen molar-refractivity contribution in [2.45, 2.75) is 46.9 Å². The smallest absolute Gasteiger partial charge is 0.240 e. The summed E-state index contributed by atoms with van der Waals surface area (Å²) in [7, 11) is -3.47. The molecule has 1 aromatic heterocycles. The summed E-state index contributed by atoms with van der Waals surface area (Å²) in [5, 5.41) is 1.17. The van der Waals surface area contributed by atoms with E-state index in [0.29, 0.717) is 4.90 Å². The van der Waals surface area contributed by atoms with Gasteiger partial charge >= 0.3 is 0 Å². The van der Waals surface area contributed by atoms with E-state index in [1.807, 2.05) is 24.3 Å². The number of nitrogens with one attached hydrogen (secondary N) is 1. The van der Waals surface area contributed by atoms with Crippen molar-refractivity contribution in [1.29, 1.82) is 0 Å². The zero-order valence-corrected chi connectivity index (χ0v) is 14.4. The Morgan fingerprint density at radius 3 is 2.48 bits per heavy atom. The van der Waals surface area contributed by atoms with Gasteiger partial charge in [0.2, 0.25) is 10.0 Å². The maximum Gasteiger partial charge on any atom is 0.240 e. The van der Waals surface area contributed by atoms with Crippen molar-refractivity contribution in [3.8, 4) is 0 Å². The Morgan fingerprint density at radius 2 is 1.74 bits per heavy atom. The van der Waals surface area contributed by atoms with E-state index in [1.54, 1.807) is 42.2 Å². The Hall–Kier alpha value is -1.37. The van der Waals surface area contributed by atoms with Crippen LogP contribution in [0, 0.1) is 0 Å². The average molecular weight is 348 g/mol. The zero-order chi connectivity index (χ0) is 16.1. The van der Waals surface area contributed by atoms with Gasteiger partial charge in [-0.25, -0.2) is 18.1 Å². The van der Waals surface area contributed by atoms with Gasteiger partial charge in [-0.2, -0.15) is 0 Å². The minimum atomic E-state index is -3.47. The van der Waals surface area contributed by atoms with Crippen LogP contribution in [0.4, 0.5) is 0 Å². The monoisotopic (exact) mass is 348 g/mol. The van der Waals surface area contributed by atoms with Gasteiger partial charge in [-0.15, -0.1) is 11.8 Å². The van der Waals surface area contributed by atoms with E-state index in [0.717, 1.165) is 30.7 Å². The topological polar surface area (TPSA) is 59.1 Å². The number of nitrogens with zero attached hydrogens (tertiary/aromatic N) is 1. The van der Waals surface area contributed by atoms with Gasteiger partial charge in [-0.3, -0.25) is 0 Å². The molecule has 0 saturated heterocycles. The molecule has 0 amide bonds. The molecule has 3 rings (SSSR count). The van der Waals surface area contributed by atoms with Crippen LogP contribution in [-0.4, -0.2) is 24.7 Å². The van der Waals surface area contributed by atoms with Crippen LogP contribution < -0.4 is 4.72 Å². The van der Waals surface area contributed by atoms with E-state index in [9.17, 15) is 8.42 Å². The average Bonchev–Trinajstić information content (AvgIpc) is 2.58. The highest BCUT2D eigenvalue weighted by Crippen LogP contribution is 2.33. The van der Waals surface area contributed by atoms with Crippen molar-refractivity contribution in [3.63, 3.8) is 0 Å². The van der Waals surface area contributed by atoms with Gasteiger partial charge in [0.05, 0.1) is 9.92 Å². The van der Waals surface area contributed by atoms with E-state index in [2.05, 4.69) is 9.71 Å². The molecule has 2 aromatic rings. The molecular weight excluding hydrogens is 328 g/mol. The number of rotatable bonds is 5. The molecule has 0 radical (unpaired) electrons. The van der Waals surface area contributed by atoms with Crippen molar-refractivity contribution < 1.29 is 8.42 Å². The lowest BCUT2D eigenvalue weighted by Gasteiger charge is -2.31. The van der Waals surface area contributed by atoms with Gasteiger partial charge < -0.3 is 0 Å². The quantitative estimate of drug-likeness (QED) is 0.899. The first kappa shape index (κ1) is 16.5. The number of thioether (sulfide) groups is 1. The maximum absolute atomic E-state index is 12.6. The lowest BCUT2D eigenvalue weighted by Crippen LogP contribution is -2.43. The fourth-order valence-electron chi connectivity index (χ4n) is 2.81. The highest BCUT2D eigenvalue weighted by Gasteiger charge is 2.30. The van der Waals surface area contributed by atoms with Gasteiger partial charge in [0.25, 0.3) is 0 Å². The Kier molecular flexibility index (Phi) is 5.35. The third-order valence-corrected chi connectivity index (χ3v) is 6.83. The molecule has 4 nitrogen and oxygen atoms in total. The van der Waals surface area contributed by atoms with Gasteiger partial charge in [-0.1, -0.05) is 37.1 Å². The Labute approximate surface area is 141 Å². The molecule has 0 unspecified atom stereocenters. The summed E-state index contributed by atoms with van der Waals surface area (Å²) in [6.45, 7) is 0. The number of aromatic nitrogens is 1. The molecule has 0 bridgehead atoms. The van der Waals surface area contributed by atoms with E-state index in [-0.39, 0.29) is 11.3 Å². The van der Waals surface area contributed by atoms with E-state index < -0.39 is 10.0 Å². The molecule has 6 heteroatoms. The van der Waals surface area contributed by atoms with Gasteiger partial charge in [0.15, 0.2) is 0 Å². The minimum absolute atomic E-state index is 0.0547. The van der Waals surface area contributed by atoms with Gasteiger partial charge in [0.1, 0.15) is 0 Å². The first-order valence-corrected chi connectivity index (χ1v) is 10.2. The van der Waals surface area contributed by atoms with Crippen molar-refractivity contribution in [3.05, 3.63) is 54.7 Å². The number of hydrogen-bond acceptors (Lipinski definition) is 4. The molecule has 122 valence electrons. The van der Waals surface area contributed by atoms with Crippen LogP contribution in [0.25, 0.3) is 0 Å². The predicted octanol–water partition coefficient (Wildman–Crippen LogP) is 3.46. The van der Waals surface area contributed by atoms with E-state index in [4.69, 9.17) is 0 Å². The molecular formula is C17H20N2O2S2. The van der Waals surface area contributed by atoms with Crippen LogP contribution >= 0.6 is 11.8 Å². The third kappa shape index (κ3) is 4.34. The van der Waals surface area contributed by atoms with E-state index in [1.165, 1.54) is 0 Å². The molecule has 2 atom stereocenters. The summed E-state index contributed by atoms with van der Waals surface area (Å²) in [6, 6.07) is 14.3. The summed E-state index contributed by atoms with van der Waals surface area (Å²) in [4.78, 5) is 4.67. The van der Waals surface area contributed by atoms with Crippen LogP contribution in [0.5, 0.6) is 0 Å². The molecule has 1 aliphatic carbocycles. The molecule has 1 N–H and O–H groups in total. The molecule has 1 heterocycles. The van der Waals surface area contributed by atoms with Gasteiger partial charge in [-0.05, 0) is 37.1 Å². The second-order valence-electron chi connectivity index (χ2n) is 5.65. The molecule has 1 aliphatic rings. The van der Waals surface area contributed by atoms with E-state index >= 15 is 0 Å². The SMILES string of the molecule is O=S(=O)(N[C@@H]1CCCC[C@H]1Sc1ccccn1)c1ccccc1. The number of benzene rings is 1. The van der Waals surface area contributed by atoms with Crippen molar-refractivity contribution >= 4 is 21.8 Å². The molecule has 0 aliphatic heterocycles. The molecule has 1 saturated carbocycles. The minimum Gasteiger partial charge on any atom is -0.250 e. The Morgan fingerprint density at radius 1 is 1.00 bits per heavy atom. The standard InChI is InChI=1S/C17H20N2O2S2/c20-23(21,14-8-2-1-3-9-14)19-15-10-4-5-11-16(15)22-17-12-6-7-13-18-17/h1-3,6-9,12-13,15-16,19H,4-5,10-11H2/t15-,16-/m1/s1. The summed E-state index contributed by atoms with van der Waals surface area (Å²) in [6.07, 6.45) is 5.84. The summed E-state index contributed by atoms with van der Waals surface area (Å²) in [5.74, 6) is 0.